The first kappa shape index (κ1) is 13.4. The highest BCUT2D eigenvalue weighted by atomic mass is 32.2. The minimum Gasteiger partial charge on any atom is -0.479 e. The summed E-state index contributed by atoms with van der Waals surface area (Å²) in [7, 11) is 0. The van der Waals surface area contributed by atoms with Crippen LogP contribution < -0.4 is 5.32 Å². The monoisotopic (exact) mass is 245 g/mol. The van der Waals surface area contributed by atoms with Gasteiger partial charge in [-0.2, -0.15) is 11.8 Å². The van der Waals surface area contributed by atoms with Gasteiger partial charge in [-0.15, -0.1) is 0 Å². The van der Waals surface area contributed by atoms with Crippen LogP contribution in [0.2, 0.25) is 0 Å². The molecular formula is C11H19NO3S. The summed E-state index contributed by atoms with van der Waals surface area (Å²) in [5.41, 5.74) is -1.02. The predicted octanol–water partition coefficient (Wildman–Crippen LogP) is 1.50. The first-order chi connectivity index (χ1) is 7.46. The molecule has 0 aromatic heterocycles. The molecule has 1 rings (SSSR count). The molecule has 1 atom stereocenters. The maximum absolute atomic E-state index is 11.6. The number of hydrogen-bond acceptors (Lipinski definition) is 3. The van der Waals surface area contributed by atoms with E-state index in [1.54, 1.807) is 11.8 Å². The van der Waals surface area contributed by atoms with Gasteiger partial charge in [0.15, 0.2) is 0 Å². The van der Waals surface area contributed by atoms with Crippen molar-refractivity contribution >= 4 is 23.6 Å². The Bertz CT molecular complexity index is 272. The second-order valence-electron chi connectivity index (χ2n) is 4.67. The van der Waals surface area contributed by atoms with E-state index < -0.39 is 11.5 Å². The number of carbonyl (C=O) groups excluding carboxylic acids is 1. The van der Waals surface area contributed by atoms with Crippen molar-refractivity contribution in [3.8, 4) is 0 Å². The Kier molecular flexibility index (Phi) is 4.65. The molecule has 1 unspecified atom stereocenters. The lowest BCUT2D eigenvalue weighted by Crippen LogP contribution is -2.54. The SMILES string of the molecule is CC(C)CCC(=O)NC1(C(=O)O)CCSC1. The molecule has 1 saturated heterocycles. The van der Waals surface area contributed by atoms with Crippen molar-refractivity contribution in [1.29, 1.82) is 0 Å². The average molecular weight is 245 g/mol. The third-order valence-corrected chi connectivity index (χ3v) is 3.95. The Morgan fingerprint density at radius 1 is 1.50 bits per heavy atom. The third kappa shape index (κ3) is 3.40. The Balaban J connectivity index is 2.49. The summed E-state index contributed by atoms with van der Waals surface area (Å²) >= 11 is 1.58. The van der Waals surface area contributed by atoms with Gasteiger partial charge in [0.2, 0.25) is 5.91 Å². The minimum atomic E-state index is -1.02. The van der Waals surface area contributed by atoms with Crippen LogP contribution in [0.1, 0.15) is 33.1 Å². The standard InChI is InChI=1S/C11H19NO3S/c1-8(2)3-4-9(13)12-11(10(14)15)5-6-16-7-11/h8H,3-7H2,1-2H3,(H,12,13)(H,14,15). The van der Waals surface area contributed by atoms with Crippen molar-refractivity contribution in [1.82, 2.24) is 5.32 Å². The number of carboxylic acid groups (broad SMARTS) is 1. The fourth-order valence-electron chi connectivity index (χ4n) is 1.63. The van der Waals surface area contributed by atoms with Crippen LogP contribution >= 0.6 is 11.8 Å². The summed E-state index contributed by atoms with van der Waals surface area (Å²) in [5, 5.41) is 11.8. The Morgan fingerprint density at radius 2 is 2.19 bits per heavy atom. The largest absolute Gasteiger partial charge is 0.479 e. The molecular weight excluding hydrogens is 226 g/mol. The van der Waals surface area contributed by atoms with E-state index in [2.05, 4.69) is 5.32 Å². The van der Waals surface area contributed by atoms with Crippen LogP contribution in [0.3, 0.4) is 0 Å². The van der Waals surface area contributed by atoms with E-state index in [9.17, 15) is 9.59 Å². The molecule has 16 heavy (non-hydrogen) atoms. The van der Waals surface area contributed by atoms with Crippen LogP contribution in [0, 0.1) is 5.92 Å². The quantitative estimate of drug-likeness (QED) is 0.770. The third-order valence-electron chi connectivity index (χ3n) is 2.76. The van der Waals surface area contributed by atoms with Crippen molar-refractivity contribution in [2.45, 2.75) is 38.6 Å². The fraction of sp³-hybridized carbons (Fsp3) is 0.818. The number of nitrogens with one attached hydrogen (secondary N) is 1. The summed E-state index contributed by atoms with van der Waals surface area (Å²) in [4.78, 5) is 22.8. The summed E-state index contributed by atoms with van der Waals surface area (Å²) in [6, 6.07) is 0. The molecule has 1 aliphatic heterocycles. The number of carbonyl (C=O) groups is 2. The second-order valence-corrected chi connectivity index (χ2v) is 5.78. The van der Waals surface area contributed by atoms with E-state index in [0.717, 1.165) is 12.2 Å². The number of thioether (sulfide) groups is 1. The normalized spacial score (nSPS) is 24.7. The predicted molar refractivity (Wildman–Crippen MR) is 64.5 cm³/mol. The van der Waals surface area contributed by atoms with E-state index in [4.69, 9.17) is 5.11 Å². The van der Waals surface area contributed by atoms with Gasteiger partial charge < -0.3 is 10.4 Å². The first-order valence-electron chi connectivity index (χ1n) is 5.58. The summed E-state index contributed by atoms with van der Waals surface area (Å²) < 4.78 is 0. The number of carboxylic acids is 1. The summed E-state index contributed by atoms with van der Waals surface area (Å²) in [5.74, 6) is 0.699. The van der Waals surface area contributed by atoms with Crippen molar-refractivity contribution in [3.63, 3.8) is 0 Å². The lowest BCUT2D eigenvalue weighted by Gasteiger charge is -2.24. The van der Waals surface area contributed by atoms with Crippen molar-refractivity contribution in [2.24, 2.45) is 5.92 Å². The van der Waals surface area contributed by atoms with E-state index in [0.29, 0.717) is 24.5 Å². The van der Waals surface area contributed by atoms with Crippen LogP contribution in [0.15, 0.2) is 0 Å². The van der Waals surface area contributed by atoms with Crippen LogP contribution in [0.25, 0.3) is 0 Å². The maximum Gasteiger partial charge on any atom is 0.330 e. The molecule has 0 bridgehead atoms. The summed E-state index contributed by atoms with van der Waals surface area (Å²) in [6.07, 6.45) is 1.74. The maximum atomic E-state index is 11.6. The van der Waals surface area contributed by atoms with Crippen LogP contribution in [-0.4, -0.2) is 34.0 Å². The van der Waals surface area contributed by atoms with Gasteiger partial charge in [-0.1, -0.05) is 13.8 Å². The number of rotatable bonds is 5. The first-order valence-corrected chi connectivity index (χ1v) is 6.74. The van der Waals surface area contributed by atoms with Crippen molar-refractivity contribution < 1.29 is 14.7 Å². The molecule has 1 heterocycles. The van der Waals surface area contributed by atoms with Crippen LogP contribution in [0.4, 0.5) is 0 Å². The van der Waals surface area contributed by atoms with Crippen molar-refractivity contribution in [3.05, 3.63) is 0 Å². The minimum absolute atomic E-state index is 0.140. The summed E-state index contributed by atoms with van der Waals surface area (Å²) in [6.45, 7) is 4.09. The van der Waals surface area contributed by atoms with Gasteiger partial charge in [0.05, 0.1) is 0 Å². The smallest absolute Gasteiger partial charge is 0.330 e. The van der Waals surface area contributed by atoms with Gasteiger partial charge >= 0.3 is 5.97 Å². The highest BCUT2D eigenvalue weighted by Crippen LogP contribution is 2.28. The zero-order chi connectivity index (χ0) is 12.2. The molecule has 1 fully saturated rings. The van der Waals surface area contributed by atoms with E-state index in [1.807, 2.05) is 13.8 Å². The molecule has 0 aromatic rings. The number of amides is 1. The lowest BCUT2D eigenvalue weighted by atomic mass is 9.98. The van der Waals surface area contributed by atoms with Crippen molar-refractivity contribution in [2.75, 3.05) is 11.5 Å². The van der Waals surface area contributed by atoms with Gasteiger partial charge in [-0.25, -0.2) is 4.79 Å². The molecule has 0 aliphatic carbocycles. The van der Waals surface area contributed by atoms with Gasteiger partial charge in [-0.3, -0.25) is 4.79 Å². The van der Waals surface area contributed by atoms with Gasteiger partial charge in [0.1, 0.15) is 5.54 Å². The Morgan fingerprint density at radius 3 is 2.62 bits per heavy atom. The average Bonchev–Trinajstić information content (AvgIpc) is 2.64. The van der Waals surface area contributed by atoms with Gasteiger partial charge in [0, 0.05) is 12.2 Å². The molecule has 4 nitrogen and oxygen atoms in total. The fourth-order valence-corrected chi connectivity index (χ4v) is 2.96. The Labute approximate surface area is 100 Å². The molecule has 1 amide bonds. The molecule has 0 saturated carbocycles. The molecule has 92 valence electrons. The Hall–Kier alpha value is -0.710. The van der Waals surface area contributed by atoms with Gasteiger partial charge in [0.25, 0.3) is 0 Å². The van der Waals surface area contributed by atoms with Crippen LogP contribution in [0.5, 0.6) is 0 Å². The highest BCUT2D eigenvalue weighted by molar-refractivity contribution is 7.99. The molecule has 1 aliphatic rings. The van der Waals surface area contributed by atoms with E-state index in [-0.39, 0.29) is 5.91 Å². The topological polar surface area (TPSA) is 66.4 Å². The number of hydrogen-bond donors (Lipinski definition) is 2. The molecule has 0 radical (unpaired) electrons. The highest BCUT2D eigenvalue weighted by Gasteiger charge is 2.43. The van der Waals surface area contributed by atoms with E-state index >= 15 is 0 Å². The lowest BCUT2D eigenvalue weighted by molar-refractivity contribution is -0.146. The molecule has 2 N–H and O–H groups in total. The molecule has 5 heteroatoms. The van der Waals surface area contributed by atoms with Crippen LogP contribution in [-0.2, 0) is 9.59 Å². The molecule has 0 aromatic carbocycles. The second kappa shape index (κ2) is 5.57. The zero-order valence-electron chi connectivity index (χ0n) is 9.78. The van der Waals surface area contributed by atoms with E-state index in [1.165, 1.54) is 0 Å². The molecule has 0 spiro atoms. The zero-order valence-corrected chi connectivity index (χ0v) is 10.6. The number of aliphatic carboxylic acids is 1. The van der Waals surface area contributed by atoms with Gasteiger partial charge in [-0.05, 0) is 24.5 Å².